The summed E-state index contributed by atoms with van der Waals surface area (Å²) in [6.45, 7) is 2.72. The molecule has 3 aromatic rings. The van der Waals surface area contributed by atoms with Crippen molar-refractivity contribution < 1.29 is 33.6 Å². The number of benzene rings is 2. The van der Waals surface area contributed by atoms with E-state index in [4.69, 9.17) is 18.9 Å². The number of Topliss-reactive ketones (excluding diaryl/α,β-unsaturated/α-hetero) is 1. The molecule has 0 saturated carbocycles. The summed E-state index contributed by atoms with van der Waals surface area (Å²) in [5.74, 6) is 0.00575. The second-order valence-corrected chi connectivity index (χ2v) is 8.97. The Kier molecular flexibility index (Phi) is 8.70. The van der Waals surface area contributed by atoms with Gasteiger partial charge in [-0.1, -0.05) is 25.5 Å². The van der Waals surface area contributed by atoms with Crippen molar-refractivity contribution in [1.82, 2.24) is 9.88 Å². The van der Waals surface area contributed by atoms with E-state index in [1.54, 1.807) is 54.9 Å². The van der Waals surface area contributed by atoms with Crippen LogP contribution in [0.1, 0.15) is 42.5 Å². The predicted octanol–water partition coefficient (Wildman–Crippen LogP) is 4.91. The van der Waals surface area contributed by atoms with E-state index >= 15 is 0 Å². The number of unbranched alkanes of at least 4 members (excludes halogenated alkanes) is 1. The molecule has 4 rings (SSSR count). The molecule has 2 aromatic carbocycles. The summed E-state index contributed by atoms with van der Waals surface area (Å²) in [4.78, 5) is 32.4. The molecule has 9 heteroatoms. The predicted molar refractivity (Wildman–Crippen MR) is 145 cm³/mol. The van der Waals surface area contributed by atoms with Gasteiger partial charge in [-0.25, -0.2) is 0 Å². The average Bonchev–Trinajstić information content (AvgIpc) is 3.22. The monoisotopic (exact) mass is 532 g/mol. The molecule has 204 valence electrons. The highest BCUT2D eigenvalue weighted by Gasteiger charge is 2.46. The molecule has 39 heavy (non-hydrogen) atoms. The minimum absolute atomic E-state index is 0.0437. The molecule has 0 aliphatic carbocycles. The van der Waals surface area contributed by atoms with E-state index in [9.17, 15) is 14.7 Å². The fraction of sp³-hybridized carbons (Fsp3) is 0.300. The van der Waals surface area contributed by atoms with Gasteiger partial charge in [0.2, 0.25) is 0 Å². The van der Waals surface area contributed by atoms with Crippen molar-refractivity contribution >= 4 is 17.4 Å². The van der Waals surface area contributed by atoms with E-state index in [0.717, 1.165) is 18.4 Å². The number of aliphatic hydroxyl groups excluding tert-OH is 1. The Hall–Kier alpha value is -4.53. The number of carbonyl (C=O) groups is 2. The molecule has 9 nitrogen and oxygen atoms in total. The number of ketones is 1. The van der Waals surface area contributed by atoms with Gasteiger partial charge in [0, 0.05) is 24.5 Å². The van der Waals surface area contributed by atoms with Gasteiger partial charge < -0.3 is 29.0 Å². The van der Waals surface area contributed by atoms with Gasteiger partial charge in [0.15, 0.2) is 23.0 Å². The summed E-state index contributed by atoms with van der Waals surface area (Å²) in [6, 6.07) is 12.7. The number of hydrogen-bond donors (Lipinski definition) is 1. The number of amides is 1. The van der Waals surface area contributed by atoms with Crippen molar-refractivity contribution in [1.29, 1.82) is 0 Å². The van der Waals surface area contributed by atoms with Gasteiger partial charge in [0.25, 0.3) is 11.7 Å². The van der Waals surface area contributed by atoms with Crippen LogP contribution in [0.5, 0.6) is 23.0 Å². The summed E-state index contributed by atoms with van der Waals surface area (Å²) in [5, 5.41) is 11.4. The smallest absolute Gasteiger partial charge is 0.295 e. The lowest BCUT2D eigenvalue weighted by atomic mass is 9.94. The van der Waals surface area contributed by atoms with Crippen LogP contribution in [0.4, 0.5) is 0 Å². The van der Waals surface area contributed by atoms with Gasteiger partial charge in [-0.05, 0) is 53.9 Å². The van der Waals surface area contributed by atoms with Crippen molar-refractivity contribution in [3.8, 4) is 23.0 Å². The van der Waals surface area contributed by atoms with E-state index in [0.29, 0.717) is 40.7 Å². The standard InChI is InChI=1S/C30H32N2O7/c1-5-6-14-39-23-12-9-20(15-25(23)38-4)27-26(28(33)21-10-11-22(36-2)24(16-21)37-3)29(34)30(35)32(27)18-19-8-7-13-31-17-19/h7-13,15-17,27,33H,5-6,14,18H2,1-4H3/t27-/m0/s1. The molecule has 0 radical (unpaired) electrons. The second kappa shape index (κ2) is 12.3. The number of nitrogens with zero attached hydrogens (tertiary/aromatic N) is 2. The minimum atomic E-state index is -0.892. The molecule has 1 saturated heterocycles. The van der Waals surface area contributed by atoms with E-state index in [-0.39, 0.29) is 17.9 Å². The number of aromatic nitrogens is 1. The van der Waals surface area contributed by atoms with Crippen molar-refractivity contribution in [3.63, 3.8) is 0 Å². The van der Waals surface area contributed by atoms with Crippen LogP contribution in [-0.2, 0) is 16.1 Å². The Morgan fingerprint density at radius 3 is 2.33 bits per heavy atom. The van der Waals surface area contributed by atoms with Gasteiger partial charge in [-0.3, -0.25) is 14.6 Å². The molecular formula is C30H32N2O7. The fourth-order valence-electron chi connectivity index (χ4n) is 4.52. The minimum Gasteiger partial charge on any atom is -0.507 e. The maximum Gasteiger partial charge on any atom is 0.295 e. The Morgan fingerprint density at radius 1 is 0.949 bits per heavy atom. The zero-order valence-electron chi connectivity index (χ0n) is 22.5. The second-order valence-electron chi connectivity index (χ2n) is 8.97. The maximum absolute atomic E-state index is 13.4. The van der Waals surface area contributed by atoms with Crippen molar-refractivity contribution in [2.45, 2.75) is 32.4 Å². The Morgan fingerprint density at radius 2 is 1.67 bits per heavy atom. The molecule has 1 aliphatic heterocycles. The van der Waals surface area contributed by atoms with Crippen LogP contribution in [0, 0.1) is 0 Å². The van der Waals surface area contributed by atoms with Crippen LogP contribution < -0.4 is 18.9 Å². The Balaban J connectivity index is 1.85. The normalized spacial score (nSPS) is 16.3. The van der Waals surface area contributed by atoms with E-state index in [2.05, 4.69) is 11.9 Å². The first-order valence-electron chi connectivity index (χ1n) is 12.6. The number of hydrogen-bond acceptors (Lipinski definition) is 8. The number of ether oxygens (including phenoxy) is 4. The van der Waals surface area contributed by atoms with E-state index in [1.165, 1.54) is 26.2 Å². The SMILES string of the molecule is CCCCOc1ccc([C@H]2C(=C(O)c3ccc(OC)c(OC)c3)C(=O)C(=O)N2Cc2cccnc2)cc1OC. The Bertz CT molecular complexity index is 1370. The first-order valence-corrected chi connectivity index (χ1v) is 12.6. The summed E-state index contributed by atoms with van der Waals surface area (Å²) >= 11 is 0. The summed E-state index contributed by atoms with van der Waals surface area (Å²) < 4.78 is 22.1. The molecule has 1 aromatic heterocycles. The number of aliphatic hydroxyl groups is 1. The number of likely N-dealkylation sites (tertiary alicyclic amines) is 1. The van der Waals surface area contributed by atoms with Crippen LogP contribution in [0.3, 0.4) is 0 Å². The zero-order valence-corrected chi connectivity index (χ0v) is 22.5. The third-order valence-corrected chi connectivity index (χ3v) is 6.53. The van der Waals surface area contributed by atoms with Crippen LogP contribution in [0.15, 0.2) is 66.5 Å². The molecule has 0 bridgehead atoms. The number of rotatable bonds is 11. The molecule has 1 amide bonds. The van der Waals surface area contributed by atoms with Gasteiger partial charge in [0.1, 0.15) is 5.76 Å². The van der Waals surface area contributed by atoms with Gasteiger partial charge in [-0.2, -0.15) is 0 Å². The highest BCUT2D eigenvalue weighted by molar-refractivity contribution is 6.46. The summed E-state index contributed by atoms with van der Waals surface area (Å²) in [7, 11) is 4.51. The lowest BCUT2D eigenvalue weighted by Crippen LogP contribution is -2.29. The molecule has 1 atom stereocenters. The van der Waals surface area contributed by atoms with Crippen molar-refractivity contribution in [2.75, 3.05) is 27.9 Å². The van der Waals surface area contributed by atoms with Crippen LogP contribution >= 0.6 is 0 Å². The zero-order chi connectivity index (χ0) is 27.9. The quantitative estimate of drug-likeness (QED) is 0.161. The highest BCUT2D eigenvalue weighted by Crippen LogP contribution is 2.43. The topological polar surface area (TPSA) is 107 Å². The van der Waals surface area contributed by atoms with E-state index < -0.39 is 17.7 Å². The molecule has 1 fully saturated rings. The van der Waals surface area contributed by atoms with Gasteiger partial charge in [-0.15, -0.1) is 0 Å². The summed E-state index contributed by atoms with van der Waals surface area (Å²) in [5.41, 5.74) is 1.59. The van der Waals surface area contributed by atoms with Gasteiger partial charge >= 0.3 is 0 Å². The lowest BCUT2D eigenvalue weighted by molar-refractivity contribution is -0.140. The van der Waals surface area contributed by atoms with Gasteiger partial charge in [0.05, 0.1) is 39.6 Å². The maximum atomic E-state index is 13.4. The molecule has 1 aliphatic rings. The third-order valence-electron chi connectivity index (χ3n) is 6.53. The van der Waals surface area contributed by atoms with Crippen LogP contribution in [-0.4, -0.2) is 54.6 Å². The molecular weight excluding hydrogens is 500 g/mol. The highest BCUT2D eigenvalue weighted by atomic mass is 16.5. The van der Waals surface area contributed by atoms with Crippen molar-refractivity contribution in [2.24, 2.45) is 0 Å². The largest absolute Gasteiger partial charge is 0.507 e. The van der Waals surface area contributed by atoms with E-state index in [1.807, 2.05) is 6.07 Å². The Labute approximate surface area is 227 Å². The van der Waals surface area contributed by atoms with Crippen LogP contribution in [0.25, 0.3) is 5.76 Å². The third kappa shape index (κ3) is 5.67. The fourth-order valence-corrected chi connectivity index (χ4v) is 4.52. The first kappa shape index (κ1) is 27.5. The molecule has 0 spiro atoms. The van der Waals surface area contributed by atoms with Crippen molar-refractivity contribution in [3.05, 3.63) is 83.2 Å². The number of pyridine rings is 1. The average molecular weight is 533 g/mol. The van der Waals surface area contributed by atoms with Crippen LogP contribution in [0.2, 0.25) is 0 Å². The number of carbonyl (C=O) groups excluding carboxylic acids is 2. The lowest BCUT2D eigenvalue weighted by Gasteiger charge is -2.26. The molecule has 0 unspecified atom stereocenters. The summed E-state index contributed by atoms with van der Waals surface area (Å²) in [6.07, 6.45) is 5.14. The molecule has 1 N–H and O–H groups in total. The number of methoxy groups -OCH3 is 3. The molecule has 2 heterocycles. The first-order chi connectivity index (χ1) is 18.9.